The second-order valence-corrected chi connectivity index (χ2v) is 6.17. The van der Waals surface area contributed by atoms with Crippen LogP contribution in [0.1, 0.15) is 17.5 Å². The Morgan fingerprint density at radius 3 is 2.25 bits per heavy atom. The van der Waals surface area contributed by atoms with Crippen LogP contribution in [0.5, 0.6) is 0 Å². The lowest BCUT2D eigenvalue weighted by atomic mass is 9.86. The van der Waals surface area contributed by atoms with Crippen molar-refractivity contribution in [1.29, 1.82) is 0 Å². The number of halogens is 5. The predicted molar refractivity (Wildman–Crippen MR) is 90.9 cm³/mol. The number of hydrogen-bond donors (Lipinski definition) is 2. The highest BCUT2D eigenvalue weighted by Crippen LogP contribution is 2.38. The SMILES string of the molecule is Nc1cccc2c1cnn2C(CC(F)F)(C(=O)O)c1ccc(C(F)(F)F)cc1. The van der Waals surface area contributed by atoms with E-state index in [1.807, 2.05) is 0 Å². The van der Waals surface area contributed by atoms with Crippen LogP contribution in [-0.4, -0.2) is 27.3 Å². The van der Waals surface area contributed by atoms with Crippen LogP contribution in [0.3, 0.4) is 0 Å². The zero-order valence-corrected chi connectivity index (χ0v) is 14.1. The Kier molecular flexibility index (Phi) is 4.74. The number of carboxylic acid groups (broad SMARTS) is 1. The largest absolute Gasteiger partial charge is 0.479 e. The molecule has 0 fully saturated rings. The number of rotatable bonds is 5. The molecule has 3 rings (SSSR count). The molecule has 0 radical (unpaired) electrons. The molecule has 1 atom stereocenters. The zero-order chi connectivity index (χ0) is 20.7. The molecule has 0 aliphatic rings. The average Bonchev–Trinajstić information content (AvgIpc) is 3.04. The summed E-state index contributed by atoms with van der Waals surface area (Å²) in [5.41, 5.74) is 2.54. The summed E-state index contributed by atoms with van der Waals surface area (Å²) in [6, 6.07) is 7.53. The number of aromatic nitrogens is 2. The van der Waals surface area contributed by atoms with Gasteiger partial charge in [0.1, 0.15) is 0 Å². The number of aliphatic carboxylic acids is 1. The lowest BCUT2D eigenvalue weighted by molar-refractivity contribution is -0.147. The third-order valence-electron chi connectivity index (χ3n) is 4.50. The van der Waals surface area contributed by atoms with Crippen LogP contribution in [0.25, 0.3) is 10.9 Å². The van der Waals surface area contributed by atoms with E-state index in [9.17, 15) is 31.9 Å². The number of nitrogen functional groups attached to an aromatic ring is 1. The van der Waals surface area contributed by atoms with Crippen LogP contribution in [0, 0.1) is 0 Å². The topological polar surface area (TPSA) is 81.1 Å². The molecule has 0 aliphatic carbocycles. The van der Waals surface area contributed by atoms with Gasteiger partial charge in [0.2, 0.25) is 6.43 Å². The monoisotopic (exact) mass is 399 g/mol. The molecular formula is C18H14F5N3O2. The first kappa shape index (κ1) is 19.6. The molecule has 0 bridgehead atoms. The van der Waals surface area contributed by atoms with E-state index in [1.54, 1.807) is 0 Å². The smallest absolute Gasteiger partial charge is 0.416 e. The van der Waals surface area contributed by atoms with Crippen molar-refractivity contribution in [2.45, 2.75) is 24.6 Å². The summed E-state index contributed by atoms with van der Waals surface area (Å²) < 4.78 is 66.2. The Bertz CT molecular complexity index is 1010. The lowest BCUT2D eigenvalue weighted by Crippen LogP contribution is -2.45. The molecule has 3 N–H and O–H groups in total. The Morgan fingerprint density at radius 2 is 1.71 bits per heavy atom. The minimum atomic E-state index is -4.65. The maximum absolute atomic E-state index is 13.4. The summed E-state index contributed by atoms with van der Waals surface area (Å²) in [6.07, 6.45) is -7.68. The molecular weight excluding hydrogens is 385 g/mol. The van der Waals surface area contributed by atoms with Crippen molar-refractivity contribution in [3.63, 3.8) is 0 Å². The number of hydrogen-bond acceptors (Lipinski definition) is 3. The fourth-order valence-corrected chi connectivity index (χ4v) is 3.16. The molecule has 3 aromatic rings. The number of benzene rings is 2. The molecule has 10 heteroatoms. The fourth-order valence-electron chi connectivity index (χ4n) is 3.16. The number of carboxylic acids is 1. The number of anilines is 1. The summed E-state index contributed by atoms with van der Waals surface area (Å²) in [5.74, 6) is -1.68. The van der Waals surface area contributed by atoms with Crippen molar-refractivity contribution in [2.24, 2.45) is 0 Å². The molecule has 0 saturated heterocycles. The van der Waals surface area contributed by atoms with Gasteiger partial charge >= 0.3 is 12.1 Å². The Labute approximate surface area is 155 Å². The van der Waals surface area contributed by atoms with Crippen LogP contribution in [0.2, 0.25) is 0 Å². The van der Waals surface area contributed by atoms with E-state index in [0.29, 0.717) is 17.5 Å². The molecule has 148 valence electrons. The van der Waals surface area contributed by atoms with Crippen LogP contribution in [0.15, 0.2) is 48.7 Å². The molecule has 0 spiro atoms. The maximum atomic E-state index is 13.4. The molecule has 28 heavy (non-hydrogen) atoms. The van der Waals surface area contributed by atoms with Crippen molar-refractivity contribution in [3.05, 3.63) is 59.8 Å². The quantitative estimate of drug-likeness (QED) is 0.500. The van der Waals surface area contributed by atoms with Gasteiger partial charge in [-0.3, -0.25) is 0 Å². The van der Waals surface area contributed by atoms with Crippen LogP contribution in [-0.2, 0) is 16.5 Å². The summed E-state index contributed by atoms with van der Waals surface area (Å²) in [4.78, 5) is 12.2. The third kappa shape index (κ3) is 3.14. The number of nitrogens with two attached hydrogens (primary N) is 1. The van der Waals surface area contributed by atoms with Gasteiger partial charge in [-0.2, -0.15) is 18.3 Å². The Morgan fingerprint density at radius 1 is 1.11 bits per heavy atom. The summed E-state index contributed by atoms with van der Waals surface area (Å²) in [7, 11) is 0. The molecule has 1 aromatic heterocycles. The Hall–Kier alpha value is -3.17. The lowest BCUT2D eigenvalue weighted by Gasteiger charge is -2.31. The summed E-state index contributed by atoms with van der Waals surface area (Å²) >= 11 is 0. The summed E-state index contributed by atoms with van der Waals surface area (Å²) in [6.45, 7) is 0. The van der Waals surface area contributed by atoms with E-state index in [0.717, 1.165) is 16.8 Å². The molecule has 0 aliphatic heterocycles. The number of nitrogens with zero attached hydrogens (tertiary/aromatic N) is 2. The minimum absolute atomic E-state index is 0.169. The van der Waals surface area contributed by atoms with Gasteiger partial charge in [-0.1, -0.05) is 18.2 Å². The van der Waals surface area contributed by atoms with E-state index < -0.39 is 36.1 Å². The van der Waals surface area contributed by atoms with Gasteiger partial charge in [0, 0.05) is 17.5 Å². The van der Waals surface area contributed by atoms with Gasteiger partial charge in [-0.05, 0) is 29.8 Å². The minimum Gasteiger partial charge on any atom is -0.479 e. The summed E-state index contributed by atoms with van der Waals surface area (Å²) in [5, 5.41) is 14.2. The van der Waals surface area contributed by atoms with Gasteiger partial charge in [0.05, 0.1) is 17.3 Å². The van der Waals surface area contributed by atoms with Crippen LogP contribution in [0.4, 0.5) is 27.6 Å². The second-order valence-electron chi connectivity index (χ2n) is 6.17. The van der Waals surface area contributed by atoms with Crippen LogP contribution < -0.4 is 5.73 Å². The molecule has 0 saturated carbocycles. The van der Waals surface area contributed by atoms with Crippen LogP contribution >= 0.6 is 0 Å². The Balaban J connectivity index is 2.29. The van der Waals surface area contributed by atoms with Gasteiger partial charge in [0.25, 0.3) is 0 Å². The predicted octanol–water partition coefficient (Wildman–Crippen LogP) is 4.12. The molecule has 0 amide bonds. The number of alkyl halides is 5. The van der Waals surface area contributed by atoms with Gasteiger partial charge in [-0.25, -0.2) is 18.3 Å². The highest BCUT2D eigenvalue weighted by molar-refractivity contribution is 5.92. The van der Waals surface area contributed by atoms with Gasteiger partial charge < -0.3 is 10.8 Å². The molecule has 1 unspecified atom stereocenters. The maximum Gasteiger partial charge on any atom is 0.416 e. The van der Waals surface area contributed by atoms with E-state index in [1.165, 1.54) is 24.4 Å². The van der Waals surface area contributed by atoms with E-state index in [4.69, 9.17) is 5.73 Å². The van der Waals surface area contributed by atoms with Crippen molar-refractivity contribution in [2.75, 3.05) is 5.73 Å². The third-order valence-corrected chi connectivity index (χ3v) is 4.50. The number of carbonyl (C=O) groups is 1. The first-order chi connectivity index (χ1) is 13.1. The van der Waals surface area contributed by atoms with Crippen molar-refractivity contribution in [1.82, 2.24) is 9.78 Å². The highest BCUT2D eigenvalue weighted by Gasteiger charge is 2.47. The highest BCUT2D eigenvalue weighted by atomic mass is 19.4. The van der Waals surface area contributed by atoms with Crippen molar-refractivity contribution in [3.8, 4) is 0 Å². The van der Waals surface area contributed by atoms with Gasteiger partial charge in [0.15, 0.2) is 5.54 Å². The zero-order valence-electron chi connectivity index (χ0n) is 14.1. The van der Waals surface area contributed by atoms with Crippen molar-refractivity contribution >= 4 is 22.6 Å². The molecule has 2 aromatic carbocycles. The van der Waals surface area contributed by atoms with E-state index >= 15 is 0 Å². The van der Waals surface area contributed by atoms with Gasteiger partial charge in [-0.15, -0.1) is 0 Å². The molecule has 5 nitrogen and oxygen atoms in total. The second kappa shape index (κ2) is 6.77. The average molecular weight is 399 g/mol. The standard InChI is InChI=1S/C18H14F5N3O2/c19-15(20)8-17(16(27)28,10-4-6-11(7-5-10)18(21,22)23)26-14-3-1-2-13(24)12(14)9-25-26/h1-7,9,15H,8,24H2,(H,27,28). The van der Waals surface area contributed by atoms with Crippen molar-refractivity contribution < 1.29 is 31.9 Å². The first-order valence-corrected chi connectivity index (χ1v) is 7.99. The fraction of sp³-hybridized carbons (Fsp3) is 0.222. The molecule has 1 heterocycles. The van der Waals surface area contributed by atoms with E-state index in [-0.39, 0.29) is 16.8 Å². The van der Waals surface area contributed by atoms with E-state index in [2.05, 4.69) is 5.10 Å². The first-order valence-electron chi connectivity index (χ1n) is 7.99. The number of fused-ring (bicyclic) bond motifs is 1. The normalized spacial score (nSPS) is 14.4.